The molecule has 0 bridgehead atoms. The number of benzene rings is 1. The van der Waals surface area contributed by atoms with E-state index in [1.165, 1.54) is 0 Å². The zero-order valence-electron chi connectivity index (χ0n) is 8.32. The first-order valence-electron chi connectivity index (χ1n) is 4.73. The first-order chi connectivity index (χ1) is 7.22. The molecule has 0 aliphatic heterocycles. The molecule has 0 aromatic heterocycles. The van der Waals surface area contributed by atoms with Crippen LogP contribution in [0.25, 0.3) is 0 Å². The second-order valence-corrected chi connectivity index (χ2v) is 3.65. The Hall–Kier alpha value is -1.24. The fourth-order valence-electron chi connectivity index (χ4n) is 1.08. The molecule has 15 heavy (non-hydrogen) atoms. The molecule has 2 N–H and O–H groups in total. The zero-order valence-corrected chi connectivity index (χ0v) is 9.07. The molecule has 0 heterocycles. The van der Waals surface area contributed by atoms with Gasteiger partial charge in [-0.3, -0.25) is 0 Å². The summed E-state index contributed by atoms with van der Waals surface area (Å²) in [5.74, 6) is 0.767. The summed E-state index contributed by atoms with van der Waals surface area (Å²) in [6.45, 7) is 0.518. The lowest BCUT2D eigenvalue weighted by molar-refractivity contribution is 0.298. The Morgan fingerprint density at radius 2 is 2.07 bits per heavy atom. The molecule has 1 atom stereocenters. The summed E-state index contributed by atoms with van der Waals surface area (Å²) in [5, 5.41) is 9.08. The number of nitrogens with zero attached hydrogens (tertiary/aromatic N) is 1. The minimum absolute atomic E-state index is 0.109. The first-order valence-corrected chi connectivity index (χ1v) is 5.11. The van der Waals surface area contributed by atoms with E-state index in [9.17, 15) is 0 Å². The standard InChI is InChI=1S/C11H13ClN2O/c12-9-1-3-11(4-2-9)15-8-6-10(14)5-7-13/h1-4,10H,5-6,8,14H2. The van der Waals surface area contributed by atoms with Gasteiger partial charge in [0.25, 0.3) is 0 Å². The monoisotopic (exact) mass is 224 g/mol. The molecule has 80 valence electrons. The quantitative estimate of drug-likeness (QED) is 0.835. The van der Waals surface area contributed by atoms with Gasteiger partial charge in [-0.05, 0) is 30.7 Å². The summed E-state index contributed by atoms with van der Waals surface area (Å²) in [6, 6.07) is 9.06. The number of halogens is 1. The van der Waals surface area contributed by atoms with Crippen LogP contribution in [-0.2, 0) is 0 Å². The number of ether oxygens (including phenoxy) is 1. The molecule has 0 aliphatic rings. The molecule has 0 spiro atoms. The third kappa shape index (κ3) is 4.68. The highest BCUT2D eigenvalue weighted by molar-refractivity contribution is 6.30. The average molecular weight is 225 g/mol. The summed E-state index contributed by atoms with van der Waals surface area (Å²) in [7, 11) is 0. The highest BCUT2D eigenvalue weighted by Gasteiger charge is 2.01. The molecule has 4 heteroatoms. The van der Waals surface area contributed by atoms with Gasteiger partial charge in [0, 0.05) is 11.1 Å². The van der Waals surface area contributed by atoms with Gasteiger partial charge in [-0.15, -0.1) is 0 Å². The lowest BCUT2D eigenvalue weighted by atomic mass is 10.2. The van der Waals surface area contributed by atoms with Crippen molar-refractivity contribution < 1.29 is 4.74 Å². The summed E-state index contributed by atoms with van der Waals surface area (Å²) < 4.78 is 5.43. The molecule has 1 aromatic rings. The van der Waals surface area contributed by atoms with Gasteiger partial charge in [-0.1, -0.05) is 11.6 Å². The van der Waals surface area contributed by atoms with Crippen molar-refractivity contribution in [3.8, 4) is 11.8 Å². The van der Waals surface area contributed by atoms with Gasteiger partial charge in [-0.2, -0.15) is 5.26 Å². The van der Waals surface area contributed by atoms with E-state index in [-0.39, 0.29) is 6.04 Å². The maximum absolute atomic E-state index is 8.40. The van der Waals surface area contributed by atoms with E-state index >= 15 is 0 Å². The van der Waals surface area contributed by atoms with Crippen molar-refractivity contribution in [2.75, 3.05) is 6.61 Å². The minimum Gasteiger partial charge on any atom is -0.494 e. The van der Waals surface area contributed by atoms with Crippen LogP contribution in [0.3, 0.4) is 0 Å². The van der Waals surface area contributed by atoms with Crippen LogP contribution in [0.15, 0.2) is 24.3 Å². The Balaban J connectivity index is 2.26. The van der Waals surface area contributed by atoms with Crippen LogP contribution in [0.2, 0.25) is 5.02 Å². The van der Waals surface area contributed by atoms with E-state index in [4.69, 9.17) is 27.3 Å². The maximum atomic E-state index is 8.40. The molecule has 0 saturated heterocycles. The number of rotatable bonds is 5. The topological polar surface area (TPSA) is 59.0 Å². The van der Waals surface area contributed by atoms with Crippen LogP contribution in [0.1, 0.15) is 12.8 Å². The molecule has 1 unspecified atom stereocenters. The van der Waals surface area contributed by atoms with Gasteiger partial charge in [0.2, 0.25) is 0 Å². The van der Waals surface area contributed by atoms with E-state index < -0.39 is 0 Å². The van der Waals surface area contributed by atoms with E-state index in [0.29, 0.717) is 24.5 Å². The molecule has 0 aliphatic carbocycles. The lowest BCUT2D eigenvalue weighted by Gasteiger charge is -2.09. The second kappa shape index (κ2) is 6.28. The Kier molecular flexibility index (Phi) is 4.96. The molecule has 0 radical (unpaired) electrons. The normalized spacial score (nSPS) is 11.8. The number of hydrogen-bond acceptors (Lipinski definition) is 3. The van der Waals surface area contributed by atoms with Gasteiger partial charge in [0.1, 0.15) is 5.75 Å². The Morgan fingerprint density at radius 1 is 1.40 bits per heavy atom. The molecule has 0 fully saturated rings. The fraction of sp³-hybridized carbons (Fsp3) is 0.364. The number of nitriles is 1. The molecule has 1 rings (SSSR count). The van der Waals surface area contributed by atoms with Gasteiger partial charge in [-0.25, -0.2) is 0 Å². The van der Waals surface area contributed by atoms with Gasteiger partial charge < -0.3 is 10.5 Å². The van der Waals surface area contributed by atoms with E-state index in [1.54, 1.807) is 24.3 Å². The smallest absolute Gasteiger partial charge is 0.119 e. The maximum Gasteiger partial charge on any atom is 0.119 e. The Morgan fingerprint density at radius 3 is 2.67 bits per heavy atom. The summed E-state index contributed by atoms with van der Waals surface area (Å²) >= 11 is 5.73. The molecule has 0 saturated carbocycles. The summed E-state index contributed by atoms with van der Waals surface area (Å²) in [4.78, 5) is 0. The molecule has 3 nitrogen and oxygen atoms in total. The van der Waals surface area contributed by atoms with Gasteiger partial charge in [0.15, 0.2) is 0 Å². The van der Waals surface area contributed by atoms with Crippen LogP contribution >= 0.6 is 11.6 Å². The van der Waals surface area contributed by atoms with Crippen molar-refractivity contribution in [3.63, 3.8) is 0 Å². The van der Waals surface area contributed by atoms with Crippen LogP contribution in [-0.4, -0.2) is 12.6 Å². The third-order valence-corrected chi connectivity index (χ3v) is 2.18. The van der Waals surface area contributed by atoms with E-state index in [1.807, 2.05) is 6.07 Å². The predicted molar refractivity (Wildman–Crippen MR) is 59.8 cm³/mol. The van der Waals surface area contributed by atoms with Gasteiger partial charge in [0.05, 0.1) is 19.1 Å². The summed E-state index contributed by atoms with van der Waals surface area (Å²) in [5.41, 5.74) is 5.65. The zero-order chi connectivity index (χ0) is 11.1. The van der Waals surface area contributed by atoms with Crippen LogP contribution in [0, 0.1) is 11.3 Å². The van der Waals surface area contributed by atoms with Crippen molar-refractivity contribution in [1.29, 1.82) is 5.26 Å². The fourth-order valence-corrected chi connectivity index (χ4v) is 1.20. The second-order valence-electron chi connectivity index (χ2n) is 3.21. The highest BCUT2D eigenvalue weighted by Crippen LogP contribution is 2.15. The predicted octanol–water partition coefficient (Wildman–Crippen LogP) is 2.35. The van der Waals surface area contributed by atoms with Crippen molar-refractivity contribution in [3.05, 3.63) is 29.3 Å². The highest BCUT2D eigenvalue weighted by atomic mass is 35.5. The molecular weight excluding hydrogens is 212 g/mol. The Labute approximate surface area is 94.4 Å². The largest absolute Gasteiger partial charge is 0.494 e. The number of nitrogens with two attached hydrogens (primary N) is 1. The van der Waals surface area contributed by atoms with Crippen molar-refractivity contribution in [1.82, 2.24) is 0 Å². The minimum atomic E-state index is -0.109. The lowest BCUT2D eigenvalue weighted by Crippen LogP contribution is -2.21. The average Bonchev–Trinajstić information content (AvgIpc) is 2.21. The van der Waals surface area contributed by atoms with Crippen LogP contribution < -0.4 is 10.5 Å². The first kappa shape index (κ1) is 11.8. The van der Waals surface area contributed by atoms with Crippen LogP contribution in [0.4, 0.5) is 0 Å². The van der Waals surface area contributed by atoms with Crippen molar-refractivity contribution >= 4 is 11.6 Å². The van der Waals surface area contributed by atoms with E-state index in [2.05, 4.69) is 0 Å². The SMILES string of the molecule is N#CCC(N)CCOc1ccc(Cl)cc1. The molecule has 1 aromatic carbocycles. The Bertz CT molecular complexity index is 331. The van der Waals surface area contributed by atoms with Crippen molar-refractivity contribution in [2.45, 2.75) is 18.9 Å². The van der Waals surface area contributed by atoms with Crippen molar-refractivity contribution in [2.24, 2.45) is 5.73 Å². The van der Waals surface area contributed by atoms with Crippen LogP contribution in [0.5, 0.6) is 5.75 Å². The summed E-state index contributed by atoms with van der Waals surface area (Å²) in [6.07, 6.45) is 1.04. The molecule has 0 amide bonds. The van der Waals surface area contributed by atoms with Gasteiger partial charge >= 0.3 is 0 Å². The number of hydrogen-bond donors (Lipinski definition) is 1. The molecular formula is C11H13ClN2O. The van der Waals surface area contributed by atoms with E-state index in [0.717, 1.165) is 5.75 Å². The third-order valence-electron chi connectivity index (χ3n) is 1.92.